The van der Waals surface area contributed by atoms with Crippen molar-refractivity contribution in [1.82, 2.24) is 20.4 Å². The lowest BCUT2D eigenvalue weighted by atomic mass is 10.1. The Morgan fingerprint density at radius 2 is 2.08 bits per heavy atom. The van der Waals surface area contributed by atoms with E-state index in [1.54, 1.807) is 6.20 Å². The van der Waals surface area contributed by atoms with E-state index in [0.29, 0.717) is 13.2 Å². The maximum Gasteiger partial charge on any atom is 0.191 e. The zero-order chi connectivity index (χ0) is 17.0. The third kappa shape index (κ3) is 6.42. The molecule has 0 amide bonds. The SMILES string of the molecule is CCNC(=NCc1cccc(Cn2cccn2)c1)NCCOCC. The van der Waals surface area contributed by atoms with Gasteiger partial charge in [0.2, 0.25) is 0 Å². The number of nitrogens with zero attached hydrogens (tertiary/aromatic N) is 3. The van der Waals surface area contributed by atoms with E-state index in [1.807, 2.05) is 23.9 Å². The van der Waals surface area contributed by atoms with Gasteiger partial charge in [-0.25, -0.2) is 4.99 Å². The van der Waals surface area contributed by atoms with Crippen molar-refractivity contribution in [1.29, 1.82) is 0 Å². The van der Waals surface area contributed by atoms with Gasteiger partial charge in [0.15, 0.2) is 5.96 Å². The second kappa shape index (κ2) is 10.4. The third-order valence-corrected chi connectivity index (χ3v) is 3.40. The van der Waals surface area contributed by atoms with Gasteiger partial charge in [-0.2, -0.15) is 5.10 Å². The van der Waals surface area contributed by atoms with Crippen LogP contribution in [0.25, 0.3) is 0 Å². The van der Waals surface area contributed by atoms with Crippen LogP contribution in [0.3, 0.4) is 0 Å². The minimum Gasteiger partial charge on any atom is -0.380 e. The van der Waals surface area contributed by atoms with Crippen LogP contribution in [0.5, 0.6) is 0 Å². The molecule has 24 heavy (non-hydrogen) atoms. The molecule has 130 valence electrons. The molecule has 0 aliphatic heterocycles. The zero-order valence-electron chi connectivity index (χ0n) is 14.5. The quantitative estimate of drug-likeness (QED) is 0.420. The predicted molar refractivity (Wildman–Crippen MR) is 97.1 cm³/mol. The Balaban J connectivity index is 1.92. The number of guanidine groups is 1. The molecule has 1 aromatic heterocycles. The molecule has 0 aliphatic carbocycles. The summed E-state index contributed by atoms with van der Waals surface area (Å²) in [5.74, 6) is 0.815. The normalized spacial score (nSPS) is 11.5. The summed E-state index contributed by atoms with van der Waals surface area (Å²) in [6.07, 6.45) is 3.77. The van der Waals surface area contributed by atoms with E-state index in [4.69, 9.17) is 4.74 Å². The van der Waals surface area contributed by atoms with Crippen LogP contribution in [0.15, 0.2) is 47.7 Å². The smallest absolute Gasteiger partial charge is 0.191 e. The summed E-state index contributed by atoms with van der Waals surface area (Å²) in [6, 6.07) is 10.4. The molecule has 0 atom stereocenters. The lowest BCUT2D eigenvalue weighted by molar-refractivity contribution is 0.152. The highest BCUT2D eigenvalue weighted by atomic mass is 16.5. The summed E-state index contributed by atoms with van der Waals surface area (Å²) < 4.78 is 7.26. The fourth-order valence-corrected chi connectivity index (χ4v) is 2.31. The molecule has 0 saturated heterocycles. The van der Waals surface area contributed by atoms with E-state index in [0.717, 1.165) is 32.2 Å². The zero-order valence-corrected chi connectivity index (χ0v) is 14.5. The highest BCUT2D eigenvalue weighted by Gasteiger charge is 2.00. The number of hydrogen-bond acceptors (Lipinski definition) is 3. The number of benzene rings is 1. The number of aromatic nitrogens is 2. The molecule has 2 rings (SSSR count). The highest BCUT2D eigenvalue weighted by molar-refractivity contribution is 5.79. The van der Waals surface area contributed by atoms with Gasteiger partial charge in [0.25, 0.3) is 0 Å². The minimum absolute atomic E-state index is 0.636. The van der Waals surface area contributed by atoms with Crippen LogP contribution in [-0.4, -0.2) is 42.0 Å². The monoisotopic (exact) mass is 329 g/mol. The average molecular weight is 329 g/mol. The van der Waals surface area contributed by atoms with E-state index in [1.165, 1.54) is 11.1 Å². The van der Waals surface area contributed by atoms with Crippen molar-refractivity contribution in [3.8, 4) is 0 Å². The maximum atomic E-state index is 5.34. The number of rotatable bonds is 9. The van der Waals surface area contributed by atoms with Gasteiger partial charge in [0, 0.05) is 32.1 Å². The second-order valence-corrected chi connectivity index (χ2v) is 5.34. The second-order valence-electron chi connectivity index (χ2n) is 5.34. The highest BCUT2D eigenvalue weighted by Crippen LogP contribution is 2.08. The molecule has 1 aromatic carbocycles. The van der Waals surface area contributed by atoms with Crippen molar-refractivity contribution in [2.45, 2.75) is 26.9 Å². The first-order valence-corrected chi connectivity index (χ1v) is 8.47. The Hall–Kier alpha value is -2.34. The molecular weight excluding hydrogens is 302 g/mol. The van der Waals surface area contributed by atoms with Crippen LogP contribution in [0, 0.1) is 0 Å². The van der Waals surface area contributed by atoms with Crippen molar-refractivity contribution in [2.24, 2.45) is 4.99 Å². The van der Waals surface area contributed by atoms with E-state index in [2.05, 4.69) is 51.9 Å². The first-order valence-electron chi connectivity index (χ1n) is 8.47. The summed E-state index contributed by atoms with van der Waals surface area (Å²) in [5.41, 5.74) is 2.40. The lowest BCUT2D eigenvalue weighted by Crippen LogP contribution is -2.39. The molecule has 0 radical (unpaired) electrons. The van der Waals surface area contributed by atoms with Crippen LogP contribution in [-0.2, 0) is 17.8 Å². The van der Waals surface area contributed by atoms with Crippen LogP contribution in [0.2, 0.25) is 0 Å². The molecule has 0 aliphatic rings. The van der Waals surface area contributed by atoms with Crippen molar-refractivity contribution < 1.29 is 4.74 Å². The lowest BCUT2D eigenvalue weighted by Gasteiger charge is -2.11. The minimum atomic E-state index is 0.636. The maximum absolute atomic E-state index is 5.34. The number of ether oxygens (including phenoxy) is 1. The van der Waals surface area contributed by atoms with Gasteiger partial charge in [-0.3, -0.25) is 4.68 Å². The Kier molecular flexibility index (Phi) is 7.83. The van der Waals surface area contributed by atoms with Crippen LogP contribution in [0.1, 0.15) is 25.0 Å². The molecule has 0 spiro atoms. The standard InChI is InChI=1S/C18H27N5O/c1-3-19-18(20-10-12-24-4-2)21-14-16-7-5-8-17(13-16)15-23-11-6-9-22-23/h5-9,11,13H,3-4,10,12,14-15H2,1-2H3,(H2,19,20,21). The van der Waals surface area contributed by atoms with Gasteiger partial charge in [-0.1, -0.05) is 24.3 Å². The summed E-state index contributed by atoms with van der Waals surface area (Å²) in [7, 11) is 0. The fourth-order valence-electron chi connectivity index (χ4n) is 2.31. The Morgan fingerprint density at radius 3 is 2.83 bits per heavy atom. The molecule has 2 aromatic rings. The van der Waals surface area contributed by atoms with E-state index >= 15 is 0 Å². The fraction of sp³-hybridized carbons (Fsp3) is 0.444. The first-order chi connectivity index (χ1) is 11.8. The molecule has 0 fully saturated rings. The molecule has 6 heteroatoms. The summed E-state index contributed by atoms with van der Waals surface area (Å²) in [4.78, 5) is 4.64. The topological polar surface area (TPSA) is 63.5 Å². The first kappa shape index (κ1) is 18.0. The molecule has 6 nitrogen and oxygen atoms in total. The average Bonchev–Trinajstić information content (AvgIpc) is 3.10. The van der Waals surface area contributed by atoms with Gasteiger partial charge in [-0.15, -0.1) is 0 Å². The number of nitrogens with one attached hydrogen (secondary N) is 2. The van der Waals surface area contributed by atoms with Crippen LogP contribution >= 0.6 is 0 Å². The van der Waals surface area contributed by atoms with E-state index < -0.39 is 0 Å². The predicted octanol–water partition coefficient (Wildman–Crippen LogP) is 2.02. The van der Waals surface area contributed by atoms with Gasteiger partial charge in [0.1, 0.15) is 0 Å². The Bertz CT molecular complexity index is 610. The summed E-state index contributed by atoms with van der Waals surface area (Å²) in [6.45, 7) is 8.46. The summed E-state index contributed by atoms with van der Waals surface area (Å²) in [5, 5.41) is 10.8. The Morgan fingerprint density at radius 1 is 1.21 bits per heavy atom. The van der Waals surface area contributed by atoms with Gasteiger partial charge < -0.3 is 15.4 Å². The third-order valence-electron chi connectivity index (χ3n) is 3.40. The Labute approximate surface area is 143 Å². The van der Waals surface area contributed by atoms with Crippen molar-refractivity contribution in [2.75, 3.05) is 26.3 Å². The van der Waals surface area contributed by atoms with Crippen molar-refractivity contribution in [3.05, 3.63) is 53.9 Å². The van der Waals surface area contributed by atoms with Crippen LogP contribution < -0.4 is 10.6 Å². The molecule has 2 N–H and O–H groups in total. The number of aliphatic imine (C=N–C) groups is 1. The van der Waals surface area contributed by atoms with Crippen molar-refractivity contribution >= 4 is 5.96 Å². The molecular formula is C18H27N5O. The van der Waals surface area contributed by atoms with Gasteiger partial charge in [0.05, 0.1) is 19.7 Å². The van der Waals surface area contributed by atoms with Gasteiger partial charge >= 0.3 is 0 Å². The molecule has 0 bridgehead atoms. The van der Waals surface area contributed by atoms with Crippen LogP contribution in [0.4, 0.5) is 0 Å². The molecule has 0 unspecified atom stereocenters. The number of hydrogen-bond donors (Lipinski definition) is 2. The van der Waals surface area contributed by atoms with E-state index in [9.17, 15) is 0 Å². The van der Waals surface area contributed by atoms with Gasteiger partial charge in [-0.05, 0) is 31.0 Å². The van der Waals surface area contributed by atoms with Crippen molar-refractivity contribution in [3.63, 3.8) is 0 Å². The largest absolute Gasteiger partial charge is 0.380 e. The molecule has 0 saturated carbocycles. The summed E-state index contributed by atoms with van der Waals surface area (Å²) >= 11 is 0. The molecule has 1 heterocycles. The van der Waals surface area contributed by atoms with E-state index in [-0.39, 0.29) is 0 Å².